The van der Waals surface area contributed by atoms with Gasteiger partial charge in [0.05, 0.1) is 16.6 Å². The van der Waals surface area contributed by atoms with Gasteiger partial charge in [0.2, 0.25) is 0 Å². The molecule has 1 unspecified atom stereocenters. The van der Waals surface area contributed by atoms with Gasteiger partial charge in [0.25, 0.3) is 5.69 Å². The zero-order valence-electron chi connectivity index (χ0n) is 12.1. The van der Waals surface area contributed by atoms with Crippen LogP contribution in [0.25, 0.3) is 0 Å². The van der Waals surface area contributed by atoms with Crippen LogP contribution < -0.4 is 5.32 Å². The van der Waals surface area contributed by atoms with Crippen molar-refractivity contribution >= 4 is 11.4 Å². The lowest BCUT2D eigenvalue weighted by atomic mass is 10.1. The lowest BCUT2D eigenvalue weighted by Crippen LogP contribution is -2.16. The number of anilines is 1. The number of nitrogens with zero attached hydrogens (tertiary/aromatic N) is 2. The number of unbranched alkanes of at least 4 members (excludes halogenated alkanes) is 3. The number of nitro groups is 1. The number of rotatable bonds is 8. The minimum Gasteiger partial charge on any atom is -0.377 e. The fraction of sp³-hybridized carbons (Fsp3) is 0.533. The summed E-state index contributed by atoms with van der Waals surface area (Å²) >= 11 is 0. The summed E-state index contributed by atoms with van der Waals surface area (Å²) in [7, 11) is 0. The van der Waals surface area contributed by atoms with Gasteiger partial charge in [-0.3, -0.25) is 10.1 Å². The average Bonchev–Trinajstić information content (AvgIpc) is 2.43. The monoisotopic (exact) mass is 275 g/mol. The van der Waals surface area contributed by atoms with Crippen molar-refractivity contribution in [1.29, 1.82) is 5.26 Å². The Kier molecular flexibility index (Phi) is 6.51. The summed E-state index contributed by atoms with van der Waals surface area (Å²) in [5, 5.41) is 23.0. The predicted molar refractivity (Wildman–Crippen MR) is 79.7 cm³/mol. The second-order valence-electron chi connectivity index (χ2n) is 5.00. The Morgan fingerprint density at radius 2 is 2.15 bits per heavy atom. The van der Waals surface area contributed by atoms with Crippen LogP contribution in [0.2, 0.25) is 0 Å². The van der Waals surface area contributed by atoms with E-state index in [1.807, 2.05) is 13.0 Å². The molecule has 5 heteroatoms. The van der Waals surface area contributed by atoms with Crippen LogP contribution in [-0.2, 0) is 0 Å². The highest BCUT2D eigenvalue weighted by molar-refractivity contribution is 5.64. The van der Waals surface area contributed by atoms with Crippen molar-refractivity contribution in [2.24, 2.45) is 0 Å². The molecule has 1 atom stereocenters. The van der Waals surface area contributed by atoms with Gasteiger partial charge in [-0.15, -0.1) is 0 Å². The number of nitriles is 1. The maximum absolute atomic E-state index is 11.0. The summed E-state index contributed by atoms with van der Waals surface area (Å²) in [5.74, 6) is 0. The third-order valence-corrected chi connectivity index (χ3v) is 3.22. The van der Waals surface area contributed by atoms with Crippen LogP contribution in [0.5, 0.6) is 0 Å². The Labute approximate surface area is 119 Å². The van der Waals surface area contributed by atoms with Crippen LogP contribution in [-0.4, -0.2) is 11.0 Å². The summed E-state index contributed by atoms with van der Waals surface area (Å²) in [6.45, 7) is 4.19. The SMILES string of the molecule is CCCCCCC(C)Nc1ccc(C#N)cc1[N+](=O)[O-]. The summed E-state index contributed by atoms with van der Waals surface area (Å²) < 4.78 is 0. The Morgan fingerprint density at radius 1 is 1.40 bits per heavy atom. The number of nitro benzene ring substituents is 1. The van der Waals surface area contributed by atoms with Crippen molar-refractivity contribution in [2.45, 2.75) is 52.0 Å². The molecule has 5 nitrogen and oxygen atoms in total. The van der Waals surface area contributed by atoms with Crippen LogP contribution >= 0.6 is 0 Å². The highest BCUT2D eigenvalue weighted by atomic mass is 16.6. The largest absolute Gasteiger partial charge is 0.377 e. The normalized spacial score (nSPS) is 11.7. The second-order valence-corrected chi connectivity index (χ2v) is 5.00. The van der Waals surface area contributed by atoms with Gasteiger partial charge in [-0.1, -0.05) is 32.6 Å². The first-order chi connectivity index (χ1) is 9.58. The lowest BCUT2D eigenvalue weighted by Gasteiger charge is -2.15. The molecule has 0 saturated carbocycles. The Hall–Kier alpha value is -2.09. The smallest absolute Gasteiger partial charge is 0.293 e. The van der Waals surface area contributed by atoms with Crippen LogP contribution in [0.4, 0.5) is 11.4 Å². The molecule has 0 spiro atoms. The molecule has 0 radical (unpaired) electrons. The fourth-order valence-corrected chi connectivity index (χ4v) is 2.09. The zero-order valence-corrected chi connectivity index (χ0v) is 12.1. The van der Waals surface area contributed by atoms with Crippen LogP contribution in [0.15, 0.2) is 18.2 Å². The van der Waals surface area contributed by atoms with E-state index < -0.39 is 4.92 Å². The van der Waals surface area contributed by atoms with Gasteiger partial charge in [0.1, 0.15) is 5.69 Å². The molecule has 0 aliphatic rings. The molecule has 20 heavy (non-hydrogen) atoms. The van der Waals surface area contributed by atoms with E-state index in [-0.39, 0.29) is 11.7 Å². The molecule has 0 heterocycles. The van der Waals surface area contributed by atoms with Gasteiger partial charge in [0.15, 0.2) is 0 Å². The Morgan fingerprint density at radius 3 is 2.75 bits per heavy atom. The first-order valence-electron chi connectivity index (χ1n) is 7.03. The van der Waals surface area contributed by atoms with E-state index in [9.17, 15) is 10.1 Å². The molecule has 1 rings (SSSR count). The molecule has 1 aromatic carbocycles. The van der Waals surface area contributed by atoms with E-state index in [1.165, 1.54) is 25.3 Å². The Balaban J connectivity index is 2.67. The topological polar surface area (TPSA) is 79.0 Å². The lowest BCUT2D eigenvalue weighted by molar-refractivity contribution is -0.384. The van der Waals surface area contributed by atoms with Gasteiger partial charge in [0, 0.05) is 12.1 Å². The summed E-state index contributed by atoms with van der Waals surface area (Å²) in [6, 6.07) is 6.62. The van der Waals surface area contributed by atoms with Crippen LogP contribution in [0.3, 0.4) is 0 Å². The third-order valence-electron chi connectivity index (χ3n) is 3.22. The first-order valence-corrected chi connectivity index (χ1v) is 7.03. The molecule has 0 fully saturated rings. The molecular formula is C15H21N3O2. The Bertz CT molecular complexity index is 494. The molecule has 108 valence electrons. The van der Waals surface area contributed by atoms with Crippen molar-refractivity contribution < 1.29 is 4.92 Å². The summed E-state index contributed by atoms with van der Waals surface area (Å²) in [5.41, 5.74) is 0.749. The number of nitrogens with one attached hydrogen (secondary N) is 1. The highest BCUT2D eigenvalue weighted by Crippen LogP contribution is 2.26. The van der Waals surface area contributed by atoms with Crippen molar-refractivity contribution in [2.75, 3.05) is 5.32 Å². The van der Waals surface area contributed by atoms with E-state index in [0.717, 1.165) is 12.8 Å². The molecule has 0 aliphatic carbocycles. The minimum atomic E-state index is -0.451. The number of benzene rings is 1. The van der Waals surface area contributed by atoms with Gasteiger partial charge in [-0.2, -0.15) is 5.26 Å². The fourth-order valence-electron chi connectivity index (χ4n) is 2.09. The molecule has 0 aliphatic heterocycles. The van der Waals surface area contributed by atoms with Crippen molar-refractivity contribution in [3.63, 3.8) is 0 Å². The van der Waals surface area contributed by atoms with Crippen molar-refractivity contribution in [1.82, 2.24) is 0 Å². The molecule has 0 bridgehead atoms. The van der Waals surface area contributed by atoms with Crippen LogP contribution in [0.1, 0.15) is 51.5 Å². The molecule has 0 aromatic heterocycles. The van der Waals surface area contributed by atoms with E-state index in [4.69, 9.17) is 5.26 Å². The number of hydrogen-bond acceptors (Lipinski definition) is 4. The molecule has 0 amide bonds. The predicted octanol–water partition coefficient (Wildman–Crippen LogP) is 4.24. The van der Waals surface area contributed by atoms with Gasteiger partial charge >= 0.3 is 0 Å². The maximum Gasteiger partial charge on any atom is 0.293 e. The van der Waals surface area contributed by atoms with E-state index in [0.29, 0.717) is 11.3 Å². The van der Waals surface area contributed by atoms with Crippen molar-refractivity contribution in [3.8, 4) is 6.07 Å². The van der Waals surface area contributed by atoms with E-state index in [2.05, 4.69) is 12.2 Å². The van der Waals surface area contributed by atoms with Crippen molar-refractivity contribution in [3.05, 3.63) is 33.9 Å². The molecule has 0 saturated heterocycles. The molecule has 1 aromatic rings. The summed E-state index contributed by atoms with van der Waals surface area (Å²) in [4.78, 5) is 10.6. The zero-order chi connectivity index (χ0) is 15.0. The third kappa shape index (κ3) is 4.88. The molecule has 1 N–H and O–H groups in total. The van der Waals surface area contributed by atoms with Gasteiger partial charge in [-0.25, -0.2) is 0 Å². The quantitative estimate of drug-likeness (QED) is 0.437. The van der Waals surface area contributed by atoms with Gasteiger partial charge in [-0.05, 0) is 25.5 Å². The number of hydrogen-bond donors (Lipinski definition) is 1. The second kappa shape index (κ2) is 8.16. The van der Waals surface area contributed by atoms with Gasteiger partial charge < -0.3 is 5.32 Å². The van der Waals surface area contributed by atoms with E-state index in [1.54, 1.807) is 12.1 Å². The maximum atomic E-state index is 11.0. The average molecular weight is 275 g/mol. The highest BCUT2D eigenvalue weighted by Gasteiger charge is 2.16. The molecular weight excluding hydrogens is 254 g/mol. The van der Waals surface area contributed by atoms with E-state index >= 15 is 0 Å². The van der Waals surface area contributed by atoms with Crippen LogP contribution in [0, 0.1) is 21.4 Å². The standard InChI is InChI=1S/C15H21N3O2/c1-3-4-5-6-7-12(2)17-14-9-8-13(11-16)10-15(14)18(19)20/h8-10,12,17H,3-7H2,1-2H3. The minimum absolute atomic E-state index is 0.0375. The summed E-state index contributed by atoms with van der Waals surface area (Å²) in [6.07, 6.45) is 5.72. The first kappa shape index (κ1) is 16.0.